The topological polar surface area (TPSA) is 40.5 Å². The molecule has 0 aliphatic carbocycles. The molecule has 1 fully saturated rings. The summed E-state index contributed by atoms with van der Waals surface area (Å²) in [5.74, 6) is -0.616. The number of nitrogens with zero attached hydrogens (tertiary/aromatic N) is 1. The molecule has 1 N–H and O–H groups in total. The predicted molar refractivity (Wildman–Crippen MR) is 96.7 cm³/mol. The molecule has 3 rings (SSSR count). The highest BCUT2D eigenvalue weighted by atomic mass is 35.5. The average Bonchev–Trinajstić information content (AvgIpc) is 2.58. The van der Waals surface area contributed by atoms with Gasteiger partial charge in [0.05, 0.1) is 5.92 Å². The van der Waals surface area contributed by atoms with Crippen molar-refractivity contribution in [2.24, 2.45) is 5.92 Å². The molecule has 1 heterocycles. The molecule has 0 amide bonds. The van der Waals surface area contributed by atoms with Gasteiger partial charge >= 0.3 is 0 Å². The van der Waals surface area contributed by atoms with Crippen LogP contribution in [0.15, 0.2) is 48.5 Å². The van der Waals surface area contributed by atoms with Crippen molar-refractivity contribution in [1.82, 2.24) is 4.90 Å². The SMILES string of the molecule is CN1CC[C@@](O)(c2ccc(Cl)cc2)[C@H](C(=O)c2ccc(Cl)cc2)C1. The van der Waals surface area contributed by atoms with Crippen molar-refractivity contribution in [3.05, 3.63) is 69.7 Å². The Balaban J connectivity index is 1.98. The Bertz CT molecular complexity index is 730. The molecule has 126 valence electrons. The fourth-order valence-electron chi connectivity index (χ4n) is 3.29. The summed E-state index contributed by atoms with van der Waals surface area (Å²) in [6, 6.07) is 13.9. The lowest BCUT2D eigenvalue weighted by atomic mass is 9.73. The van der Waals surface area contributed by atoms with Gasteiger partial charge in [-0.15, -0.1) is 0 Å². The number of ketones is 1. The molecule has 2 aromatic carbocycles. The van der Waals surface area contributed by atoms with Crippen molar-refractivity contribution in [3.63, 3.8) is 0 Å². The zero-order chi connectivity index (χ0) is 17.3. The molecule has 24 heavy (non-hydrogen) atoms. The van der Waals surface area contributed by atoms with Crippen LogP contribution in [-0.2, 0) is 5.60 Å². The van der Waals surface area contributed by atoms with E-state index in [1.54, 1.807) is 48.5 Å². The van der Waals surface area contributed by atoms with Crippen molar-refractivity contribution in [2.75, 3.05) is 20.1 Å². The fraction of sp³-hybridized carbons (Fsp3) is 0.316. The number of halogens is 2. The van der Waals surface area contributed by atoms with Crippen LogP contribution in [0.25, 0.3) is 0 Å². The van der Waals surface area contributed by atoms with Crippen molar-refractivity contribution in [1.29, 1.82) is 0 Å². The normalized spacial score (nSPS) is 24.8. The molecule has 2 atom stereocenters. The maximum Gasteiger partial charge on any atom is 0.170 e. The van der Waals surface area contributed by atoms with Gasteiger partial charge in [0.15, 0.2) is 5.78 Å². The standard InChI is InChI=1S/C19H19Cl2NO2/c1-22-11-10-19(24,14-4-8-16(21)9-5-14)17(12-22)18(23)13-2-6-15(20)7-3-13/h2-9,17,24H,10-12H2,1H3/t17-,19+/m0/s1. The number of piperidine rings is 1. The average molecular weight is 364 g/mol. The molecule has 3 nitrogen and oxygen atoms in total. The van der Waals surface area contributed by atoms with Gasteiger partial charge in [0, 0.05) is 28.7 Å². The molecule has 0 bridgehead atoms. The summed E-state index contributed by atoms with van der Waals surface area (Å²) in [7, 11) is 1.96. The minimum absolute atomic E-state index is 0.0735. The van der Waals surface area contributed by atoms with E-state index in [-0.39, 0.29) is 5.78 Å². The Morgan fingerprint density at radius 1 is 1.08 bits per heavy atom. The predicted octanol–water partition coefficient (Wildman–Crippen LogP) is 4.02. The molecule has 0 radical (unpaired) electrons. The number of rotatable bonds is 3. The van der Waals surface area contributed by atoms with Crippen LogP contribution < -0.4 is 0 Å². The van der Waals surface area contributed by atoms with E-state index in [1.807, 2.05) is 7.05 Å². The highest BCUT2D eigenvalue weighted by Gasteiger charge is 2.46. The molecule has 0 saturated carbocycles. The number of carbonyl (C=O) groups is 1. The number of hydrogen-bond acceptors (Lipinski definition) is 3. The first kappa shape index (κ1) is 17.4. The van der Waals surface area contributed by atoms with Crippen LogP contribution in [0.2, 0.25) is 10.0 Å². The zero-order valence-corrected chi connectivity index (χ0v) is 14.9. The van der Waals surface area contributed by atoms with Crippen LogP contribution in [0.1, 0.15) is 22.3 Å². The van der Waals surface area contributed by atoms with E-state index in [0.29, 0.717) is 28.6 Å². The summed E-state index contributed by atoms with van der Waals surface area (Å²) in [6.07, 6.45) is 0.495. The van der Waals surface area contributed by atoms with Crippen molar-refractivity contribution in [3.8, 4) is 0 Å². The second-order valence-corrected chi connectivity index (χ2v) is 7.24. The molecule has 1 aliphatic rings. The quantitative estimate of drug-likeness (QED) is 0.837. The van der Waals surface area contributed by atoms with Crippen LogP contribution in [0.3, 0.4) is 0 Å². The van der Waals surface area contributed by atoms with Crippen LogP contribution in [0.4, 0.5) is 0 Å². The van der Waals surface area contributed by atoms with E-state index in [0.717, 1.165) is 12.1 Å². The monoisotopic (exact) mass is 363 g/mol. The third kappa shape index (κ3) is 3.35. The molecule has 0 aromatic heterocycles. The van der Waals surface area contributed by atoms with Crippen LogP contribution in [0, 0.1) is 5.92 Å². The molecule has 0 unspecified atom stereocenters. The van der Waals surface area contributed by atoms with E-state index in [2.05, 4.69) is 4.90 Å². The lowest BCUT2D eigenvalue weighted by molar-refractivity contribution is -0.0594. The first-order chi connectivity index (χ1) is 11.4. The van der Waals surface area contributed by atoms with E-state index < -0.39 is 11.5 Å². The third-order valence-corrected chi connectivity index (χ3v) is 5.24. The van der Waals surface area contributed by atoms with Crippen LogP contribution >= 0.6 is 23.2 Å². The highest BCUT2D eigenvalue weighted by Crippen LogP contribution is 2.39. The van der Waals surface area contributed by atoms with E-state index in [4.69, 9.17) is 23.2 Å². The second kappa shape index (κ2) is 6.85. The van der Waals surface area contributed by atoms with Gasteiger partial charge in [0.25, 0.3) is 0 Å². The summed E-state index contributed by atoms with van der Waals surface area (Å²) in [4.78, 5) is 15.1. The summed E-state index contributed by atoms with van der Waals surface area (Å²) < 4.78 is 0. The fourth-order valence-corrected chi connectivity index (χ4v) is 3.54. The Morgan fingerprint density at radius 3 is 2.21 bits per heavy atom. The summed E-state index contributed by atoms with van der Waals surface area (Å²) in [6.45, 7) is 1.23. The van der Waals surface area contributed by atoms with Gasteiger partial charge in [-0.2, -0.15) is 0 Å². The van der Waals surface area contributed by atoms with Gasteiger partial charge in [-0.25, -0.2) is 0 Å². The third-order valence-electron chi connectivity index (χ3n) is 4.73. The smallest absolute Gasteiger partial charge is 0.170 e. The molecule has 1 saturated heterocycles. The number of hydrogen-bond donors (Lipinski definition) is 1. The molecule has 5 heteroatoms. The summed E-state index contributed by atoms with van der Waals surface area (Å²) in [5, 5.41) is 12.6. The first-order valence-electron chi connectivity index (χ1n) is 7.87. The van der Waals surface area contributed by atoms with Gasteiger partial charge in [0.2, 0.25) is 0 Å². The van der Waals surface area contributed by atoms with Crippen molar-refractivity contribution < 1.29 is 9.90 Å². The van der Waals surface area contributed by atoms with Gasteiger partial charge in [0.1, 0.15) is 5.60 Å². The zero-order valence-electron chi connectivity index (χ0n) is 13.4. The lowest BCUT2D eigenvalue weighted by Gasteiger charge is -2.43. The molecular weight excluding hydrogens is 345 g/mol. The van der Waals surface area contributed by atoms with Gasteiger partial charge in [-0.3, -0.25) is 4.79 Å². The number of carbonyl (C=O) groups excluding carboxylic acids is 1. The molecule has 1 aliphatic heterocycles. The number of Topliss-reactive ketones (excluding diaryl/α,β-unsaturated/α-hetero) is 1. The Labute approximate surface area is 151 Å². The molecular formula is C19H19Cl2NO2. The van der Waals surface area contributed by atoms with Crippen molar-refractivity contribution in [2.45, 2.75) is 12.0 Å². The maximum absolute atomic E-state index is 13.1. The lowest BCUT2D eigenvalue weighted by Crippen LogP contribution is -2.52. The number of benzene rings is 2. The Hall–Kier alpha value is -1.39. The van der Waals surface area contributed by atoms with Gasteiger partial charge in [-0.05, 0) is 55.4 Å². The van der Waals surface area contributed by atoms with Crippen LogP contribution in [-0.4, -0.2) is 35.9 Å². The van der Waals surface area contributed by atoms with Gasteiger partial charge in [-0.1, -0.05) is 35.3 Å². The summed E-state index contributed by atoms with van der Waals surface area (Å²) >= 11 is 11.9. The number of aliphatic hydroxyl groups is 1. The summed E-state index contributed by atoms with van der Waals surface area (Å²) in [5.41, 5.74) is 0.0905. The Morgan fingerprint density at radius 2 is 1.62 bits per heavy atom. The van der Waals surface area contributed by atoms with Crippen molar-refractivity contribution >= 4 is 29.0 Å². The minimum Gasteiger partial charge on any atom is -0.384 e. The first-order valence-corrected chi connectivity index (χ1v) is 8.62. The Kier molecular flexibility index (Phi) is 4.97. The molecule has 0 spiro atoms. The molecule has 2 aromatic rings. The highest BCUT2D eigenvalue weighted by molar-refractivity contribution is 6.30. The maximum atomic E-state index is 13.1. The largest absolute Gasteiger partial charge is 0.384 e. The van der Waals surface area contributed by atoms with Crippen LogP contribution in [0.5, 0.6) is 0 Å². The van der Waals surface area contributed by atoms with E-state index in [9.17, 15) is 9.90 Å². The van der Waals surface area contributed by atoms with Gasteiger partial charge < -0.3 is 10.0 Å². The second-order valence-electron chi connectivity index (χ2n) is 6.37. The van der Waals surface area contributed by atoms with E-state index >= 15 is 0 Å². The minimum atomic E-state index is -1.20. The number of likely N-dealkylation sites (tertiary alicyclic amines) is 1. The van der Waals surface area contributed by atoms with E-state index in [1.165, 1.54) is 0 Å².